The summed E-state index contributed by atoms with van der Waals surface area (Å²) in [7, 11) is 1.88. The number of rotatable bonds is 12. The Morgan fingerprint density at radius 1 is 1.26 bits per heavy atom. The van der Waals surface area contributed by atoms with Crippen molar-refractivity contribution in [1.82, 2.24) is 9.55 Å². The first-order valence-electron chi connectivity index (χ1n) is 11.6. The molecule has 3 rings (SSSR count). The molecule has 0 bridgehead atoms. The van der Waals surface area contributed by atoms with Crippen LogP contribution in [0.1, 0.15) is 59.9 Å². The second-order valence-electron chi connectivity index (χ2n) is 8.93. The Kier molecular flexibility index (Phi) is 9.02. The van der Waals surface area contributed by atoms with Crippen molar-refractivity contribution in [3.05, 3.63) is 69.3 Å². The Hall–Kier alpha value is -3.21. The number of aliphatic carboxylic acids is 1. The third-order valence-electron chi connectivity index (χ3n) is 6.01. The number of hydrogen-bond donors (Lipinski definition) is 1. The second-order valence-corrected chi connectivity index (χ2v) is 9.36. The lowest BCUT2D eigenvalue weighted by atomic mass is 9.94. The lowest BCUT2D eigenvalue weighted by Crippen LogP contribution is -2.12. The minimum absolute atomic E-state index is 0.0690. The maximum Gasteiger partial charge on any atom is 0.303 e. The second kappa shape index (κ2) is 12.0. The van der Waals surface area contributed by atoms with Gasteiger partial charge in [0.25, 0.3) is 0 Å². The van der Waals surface area contributed by atoms with E-state index in [0.717, 1.165) is 24.1 Å². The average molecular weight is 496 g/mol. The van der Waals surface area contributed by atoms with Crippen LogP contribution in [0.25, 0.3) is 15.9 Å². The van der Waals surface area contributed by atoms with E-state index >= 15 is 0 Å². The van der Waals surface area contributed by atoms with Gasteiger partial charge >= 0.3 is 5.97 Å². The molecule has 184 valence electrons. The zero-order chi connectivity index (χ0) is 25.5. The molecular weight excluding hydrogens is 466 g/mol. The van der Waals surface area contributed by atoms with Gasteiger partial charge in [0.15, 0.2) is 5.78 Å². The van der Waals surface area contributed by atoms with Crippen molar-refractivity contribution in [3.63, 3.8) is 0 Å². The van der Waals surface area contributed by atoms with Crippen LogP contribution in [0.4, 0.5) is 5.69 Å². The number of halogens is 1. The molecule has 0 saturated heterocycles. The number of Topliss-reactive ketones (excluding diaryl/α,β-unsaturated/α-hetero) is 1. The molecule has 35 heavy (non-hydrogen) atoms. The normalized spacial score (nSPS) is 12.0. The van der Waals surface area contributed by atoms with E-state index in [4.69, 9.17) is 28.0 Å². The monoisotopic (exact) mass is 495 g/mol. The van der Waals surface area contributed by atoms with Crippen LogP contribution in [0.3, 0.4) is 0 Å². The van der Waals surface area contributed by atoms with Crippen LogP contribution in [0.15, 0.2) is 30.3 Å². The number of carboxylic acid groups (broad SMARTS) is 1. The topological polar surface area (TPSA) is 85.8 Å². The van der Waals surface area contributed by atoms with Crippen molar-refractivity contribution in [3.8, 4) is 0 Å². The molecule has 0 saturated carbocycles. The standard InChI is InChI=1S/C27H30ClN3O4/c1-17(13-25(33)34)12-24(32)26-21-15-22(29-3)18(2)30-27(21)31(4)23(26)10-5-6-11-35-16-19-8-7-9-20(28)14-19/h7-9,14-15,17H,5-6,10-13,16H2,1-2,4H3,(H,33,34). The number of nitrogens with zero attached hydrogens (tertiary/aromatic N) is 3. The summed E-state index contributed by atoms with van der Waals surface area (Å²) < 4.78 is 7.71. The van der Waals surface area contributed by atoms with Gasteiger partial charge in [0.1, 0.15) is 5.65 Å². The molecule has 7 nitrogen and oxygen atoms in total. The summed E-state index contributed by atoms with van der Waals surface area (Å²) in [5.41, 5.74) is 4.13. The maximum absolute atomic E-state index is 13.3. The van der Waals surface area contributed by atoms with E-state index in [1.165, 1.54) is 0 Å². The summed E-state index contributed by atoms with van der Waals surface area (Å²) in [6, 6.07) is 9.31. The van der Waals surface area contributed by atoms with E-state index in [1.807, 2.05) is 35.9 Å². The van der Waals surface area contributed by atoms with Crippen LogP contribution >= 0.6 is 11.6 Å². The minimum atomic E-state index is -0.922. The molecule has 0 aliphatic rings. The molecule has 0 amide bonds. The summed E-state index contributed by atoms with van der Waals surface area (Å²) in [5, 5.41) is 10.4. The third-order valence-corrected chi connectivity index (χ3v) is 6.25. The van der Waals surface area contributed by atoms with Crippen LogP contribution < -0.4 is 0 Å². The highest BCUT2D eigenvalue weighted by molar-refractivity contribution is 6.30. The fourth-order valence-electron chi connectivity index (χ4n) is 4.29. The highest BCUT2D eigenvalue weighted by Gasteiger charge is 2.24. The summed E-state index contributed by atoms with van der Waals surface area (Å²) in [6.07, 6.45) is 2.32. The van der Waals surface area contributed by atoms with E-state index in [1.54, 1.807) is 19.9 Å². The lowest BCUT2D eigenvalue weighted by Gasteiger charge is -2.11. The zero-order valence-electron chi connectivity index (χ0n) is 20.3. The van der Waals surface area contributed by atoms with Gasteiger partial charge in [-0.1, -0.05) is 30.7 Å². The predicted octanol–water partition coefficient (Wildman–Crippen LogP) is 6.31. The van der Waals surface area contributed by atoms with Crippen LogP contribution in [0, 0.1) is 19.4 Å². The summed E-state index contributed by atoms with van der Waals surface area (Å²) in [6.45, 7) is 12.1. The Morgan fingerprint density at radius 2 is 2.03 bits per heavy atom. The first-order chi connectivity index (χ1) is 16.7. The van der Waals surface area contributed by atoms with Crippen molar-refractivity contribution in [1.29, 1.82) is 0 Å². The lowest BCUT2D eigenvalue weighted by molar-refractivity contribution is -0.137. The molecule has 1 unspecified atom stereocenters. The van der Waals surface area contributed by atoms with Crippen LogP contribution in [-0.2, 0) is 29.6 Å². The first-order valence-corrected chi connectivity index (χ1v) is 12.0. The minimum Gasteiger partial charge on any atom is -0.481 e. The van der Waals surface area contributed by atoms with Gasteiger partial charge in [-0.25, -0.2) is 9.83 Å². The average Bonchev–Trinajstić information content (AvgIpc) is 3.05. The van der Waals surface area contributed by atoms with Gasteiger partial charge in [0, 0.05) is 53.9 Å². The van der Waals surface area contributed by atoms with E-state index < -0.39 is 5.97 Å². The number of carbonyl (C=O) groups is 2. The first kappa shape index (κ1) is 26.4. The number of aromatic nitrogens is 2. The Bertz CT molecular complexity index is 1280. The van der Waals surface area contributed by atoms with Crippen molar-refractivity contribution in [2.45, 2.75) is 52.6 Å². The molecule has 2 aromatic heterocycles. The number of unbranched alkanes of at least 4 members (excludes halogenated alkanes) is 1. The number of ketones is 1. The Balaban J connectivity index is 1.76. The van der Waals surface area contributed by atoms with Crippen molar-refractivity contribution >= 4 is 40.1 Å². The van der Waals surface area contributed by atoms with E-state index in [-0.39, 0.29) is 24.5 Å². The smallest absolute Gasteiger partial charge is 0.303 e. The molecular formula is C27H30ClN3O4. The van der Waals surface area contributed by atoms with E-state index in [9.17, 15) is 9.59 Å². The fourth-order valence-corrected chi connectivity index (χ4v) is 4.50. The number of benzene rings is 1. The summed E-state index contributed by atoms with van der Waals surface area (Å²) in [4.78, 5) is 32.6. The van der Waals surface area contributed by atoms with Crippen LogP contribution in [0.2, 0.25) is 5.02 Å². The van der Waals surface area contributed by atoms with Gasteiger partial charge in [0.05, 0.1) is 13.2 Å². The predicted molar refractivity (Wildman–Crippen MR) is 136 cm³/mol. The summed E-state index contributed by atoms with van der Waals surface area (Å²) in [5.74, 6) is -1.33. The maximum atomic E-state index is 13.3. The quantitative estimate of drug-likeness (QED) is 0.181. The molecule has 3 aromatic rings. The van der Waals surface area contributed by atoms with Crippen molar-refractivity contribution < 1.29 is 19.4 Å². The summed E-state index contributed by atoms with van der Waals surface area (Å²) >= 11 is 6.01. The largest absolute Gasteiger partial charge is 0.481 e. The molecule has 0 radical (unpaired) electrons. The molecule has 2 heterocycles. The number of hydrogen-bond acceptors (Lipinski definition) is 4. The van der Waals surface area contributed by atoms with Gasteiger partial charge in [-0.05, 0) is 55.9 Å². The molecule has 1 atom stereocenters. The number of aryl methyl sites for hydroxylation is 2. The Labute approximate surface area is 210 Å². The fraction of sp³-hybridized carbons (Fsp3) is 0.407. The third kappa shape index (κ3) is 6.68. The molecule has 8 heteroatoms. The molecule has 0 fully saturated rings. The van der Waals surface area contributed by atoms with E-state index in [2.05, 4.69) is 9.83 Å². The number of carboxylic acids is 1. The molecule has 1 N–H and O–H groups in total. The number of ether oxygens (including phenoxy) is 1. The van der Waals surface area contributed by atoms with Gasteiger partial charge in [-0.15, -0.1) is 0 Å². The van der Waals surface area contributed by atoms with E-state index in [0.29, 0.717) is 52.6 Å². The number of carbonyl (C=O) groups excluding carboxylic acids is 1. The van der Waals surface area contributed by atoms with Gasteiger partial charge in [-0.2, -0.15) is 0 Å². The van der Waals surface area contributed by atoms with Gasteiger partial charge in [0.2, 0.25) is 5.69 Å². The molecule has 0 aliphatic carbocycles. The Morgan fingerprint density at radius 3 is 2.71 bits per heavy atom. The molecule has 0 spiro atoms. The van der Waals surface area contributed by atoms with Gasteiger partial charge < -0.3 is 14.4 Å². The van der Waals surface area contributed by atoms with Gasteiger partial charge in [-0.3, -0.25) is 9.59 Å². The molecule has 1 aromatic carbocycles. The zero-order valence-corrected chi connectivity index (χ0v) is 21.1. The highest BCUT2D eigenvalue weighted by atomic mass is 35.5. The molecule has 0 aliphatic heterocycles. The highest BCUT2D eigenvalue weighted by Crippen LogP contribution is 2.32. The van der Waals surface area contributed by atoms with Crippen LogP contribution in [-0.4, -0.2) is 33.0 Å². The van der Waals surface area contributed by atoms with Crippen molar-refractivity contribution in [2.75, 3.05) is 6.61 Å². The van der Waals surface area contributed by atoms with Crippen LogP contribution in [0.5, 0.6) is 0 Å². The number of pyridine rings is 1. The van der Waals surface area contributed by atoms with Crippen molar-refractivity contribution in [2.24, 2.45) is 13.0 Å². The SMILES string of the molecule is [C-]#[N+]c1cc2c(C(=O)CC(C)CC(=O)O)c(CCCCOCc3cccc(Cl)c3)n(C)c2nc1C. The number of fused-ring (bicyclic) bond motifs is 1.